The summed E-state index contributed by atoms with van der Waals surface area (Å²) < 4.78 is 50.0. The quantitative estimate of drug-likeness (QED) is 0.186. The summed E-state index contributed by atoms with van der Waals surface area (Å²) in [5.74, 6) is 1.40. The Morgan fingerprint density at radius 1 is 1.06 bits per heavy atom. The molecule has 0 aliphatic heterocycles. The fourth-order valence-corrected chi connectivity index (χ4v) is 4.49. The molecule has 3 aromatic rings. The molecule has 0 N–H and O–H groups in total. The Labute approximate surface area is 212 Å². The van der Waals surface area contributed by atoms with Gasteiger partial charge in [0.25, 0.3) is 0 Å². The van der Waals surface area contributed by atoms with Crippen LogP contribution in [0.1, 0.15) is 51.5 Å². The predicted molar refractivity (Wildman–Crippen MR) is 136 cm³/mol. The number of nitrogens with zero attached hydrogens (tertiary/aromatic N) is 1. The Hall–Kier alpha value is -2.39. The number of halogens is 3. The third-order valence-corrected chi connectivity index (χ3v) is 6.90. The Bertz CT molecular complexity index is 1190. The number of alkyl halides is 3. The van der Waals surface area contributed by atoms with Gasteiger partial charge in [0.2, 0.25) is 16.3 Å². The molecule has 0 radical (unpaired) electrons. The molecule has 0 spiro atoms. The minimum Gasteiger partial charge on any atom is -0.478 e. The number of carbonyl (C=O) groups excluding carboxylic acids is 1. The SMILES string of the molecule is CC(C)C(=O)SCCCCCCCOc1ccc2cc(-c3ccc(C(F)(F)F)cc3)c(=S)oc2n1. The molecule has 188 valence electrons. The molecular weight excluding hydrogens is 495 g/mol. The van der Waals surface area contributed by atoms with Crippen molar-refractivity contribution in [2.75, 3.05) is 12.4 Å². The first-order valence-electron chi connectivity index (χ1n) is 11.6. The van der Waals surface area contributed by atoms with Crippen molar-refractivity contribution in [1.82, 2.24) is 4.98 Å². The zero-order valence-electron chi connectivity index (χ0n) is 19.7. The van der Waals surface area contributed by atoms with Gasteiger partial charge < -0.3 is 9.15 Å². The van der Waals surface area contributed by atoms with E-state index in [1.54, 1.807) is 18.2 Å². The van der Waals surface area contributed by atoms with Crippen LogP contribution in [-0.4, -0.2) is 22.5 Å². The molecule has 0 fully saturated rings. The van der Waals surface area contributed by atoms with Crippen LogP contribution in [0.5, 0.6) is 5.88 Å². The lowest BCUT2D eigenvalue weighted by Crippen LogP contribution is -2.04. The lowest BCUT2D eigenvalue weighted by Gasteiger charge is -2.09. The number of aromatic nitrogens is 1. The van der Waals surface area contributed by atoms with Gasteiger partial charge in [0, 0.05) is 28.7 Å². The van der Waals surface area contributed by atoms with Gasteiger partial charge in [-0.05, 0) is 54.9 Å². The van der Waals surface area contributed by atoms with Crippen molar-refractivity contribution in [1.29, 1.82) is 0 Å². The molecule has 1 aromatic carbocycles. The van der Waals surface area contributed by atoms with E-state index in [4.69, 9.17) is 21.4 Å². The maximum Gasteiger partial charge on any atom is 0.416 e. The summed E-state index contributed by atoms with van der Waals surface area (Å²) in [4.78, 5) is 15.9. The zero-order valence-corrected chi connectivity index (χ0v) is 21.3. The number of carbonyl (C=O) groups is 1. The molecule has 3 rings (SSSR count). The van der Waals surface area contributed by atoms with E-state index >= 15 is 0 Å². The standard InChI is InChI=1S/C26H28F3NO3S2/c1-17(2)24(31)35-15-7-5-3-4-6-14-32-22-13-10-19-16-21(25(34)33-23(19)30-22)18-8-11-20(12-9-18)26(27,28)29/h8-13,16-17H,3-7,14-15H2,1-2H3. The smallest absolute Gasteiger partial charge is 0.416 e. The molecule has 35 heavy (non-hydrogen) atoms. The summed E-state index contributed by atoms with van der Waals surface area (Å²) >= 11 is 6.74. The highest BCUT2D eigenvalue weighted by Gasteiger charge is 2.30. The number of fused-ring (bicyclic) bond motifs is 1. The van der Waals surface area contributed by atoms with Crippen molar-refractivity contribution < 1.29 is 27.1 Å². The normalized spacial score (nSPS) is 11.8. The largest absolute Gasteiger partial charge is 0.478 e. The summed E-state index contributed by atoms with van der Waals surface area (Å²) in [7, 11) is 0. The van der Waals surface area contributed by atoms with Crippen LogP contribution in [0.2, 0.25) is 0 Å². The number of unbranched alkanes of at least 4 members (excludes halogenated alkanes) is 4. The summed E-state index contributed by atoms with van der Waals surface area (Å²) in [5.41, 5.74) is 0.671. The molecule has 4 nitrogen and oxygen atoms in total. The number of pyridine rings is 1. The number of ether oxygens (including phenoxy) is 1. The van der Waals surface area contributed by atoms with Gasteiger partial charge in [-0.15, -0.1) is 0 Å². The zero-order chi connectivity index (χ0) is 25.4. The van der Waals surface area contributed by atoms with E-state index in [2.05, 4.69) is 4.98 Å². The van der Waals surface area contributed by atoms with E-state index in [1.165, 1.54) is 23.9 Å². The van der Waals surface area contributed by atoms with Gasteiger partial charge in [-0.3, -0.25) is 4.79 Å². The van der Waals surface area contributed by atoms with Crippen molar-refractivity contribution in [3.05, 3.63) is 52.7 Å². The summed E-state index contributed by atoms with van der Waals surface area (Å²) in [6.45, 7) is 4.37. The minimum absolute atomic E-state index is 0.0902. The van der Waals surface area contributed by atoms with E-state index in [9.17, 15) is 18.0 Å². The van der Waals surface area contributed by atoms with Crippen molar-refractivity contribution in [3.8, 4) is 17.0 Å². The molecule has 0 atom stereocenters. The monoisotopic (exact) mass is 523 g/mol. The van der Waals surface area contributed by atoms with Crippen molar-refractivity contribution >= 4 is 40.2 Å². The van der Waals surface area contributed by atoms with Crippen LogP contribution in [-0.2, 0) is 11.0 Å². The minimum atomic E-state index is -4.39. The highest BCUT2D eigenvalue weighted by atomic mass is 32.2. The van der Waals surface area contributed by atoms with Gasteiger partial charge in [0.05, 0.1) is 12.2 Å². The highest BCUT2D eigenvalue weighted by molar-refractivity contribution is 8.13. The fourth-order valence-electron chi connectivity index (χ4n) is 3.35. The van der Waals surface area contributed by atoms with Gasteiger partial charge in [0.1, 0.15) is 0 Å². The van der Waals surface area contributed by atoms with E-state index in [0.29, 0.717) is 34.7 Å². The molecule has 0 saturated heterocycles. The average Bonchev–Trinajstić information content (AvgIpc) is 2.81. The first-order valence-corrected chi connectivity index (χ1v) is 13.0. The van der Waals surface area contributed by atoms with E-state index < -0.39 is 11.7 Å². The van der Waals surface area contributed by atoms with Crippen LogP contribution in [0.4, 0.5) is 13.2 Å². The Morgan fingerprint density at radius 2 is 1.74 bits per heavy atom. The molecule has 0 aliphatic rings. The van der Waals surface area contributed by atoms with E-state index in [1.807, 2.05) is 13.8 Å². The number of thioether (sulfide) groups is 1. The lowest BCUT2D eigenvalue weighted by molar-refractivity contribution is -0.137. The van der Waals surface area contributed by atoms with Gasteiger partial charge in [-0.2, -0.15) is 18.2 Å². The van der Waals surface area contributed by atoms with Crippen LogP contribution in [0.15, 0.2) is 46.9 Å². The number of benzene rings is 1. The number of hydrogen-bond donors (Lipinski definition) is 0. The van der Waals surface area contributed by atoms with Crippen LogP contribution in [0.3, 0.4) is 0 Å². The predicted octanol–water partition coefficient (Wildman–Crippen LogP) is 8.49. The van der Waals surface area contributed by atoms with Crippen LogP contribution in [0.25, 0.3) is 22.2 Å². The topological polar surface area (TPSA) is 52.3 Å². The van der Waals surface area contributed by atoms with Crippen LogP contribution >= 0.6 is 24.0 Å². The highest BCUT2D eigenvalue weighted by Crippen LogP contribution is 2.32. The second-order valence-electron chi connectivity index (χ2n) is 8.50. The van der Waals surface area contributed by atoms with Crippen molar-refractivity contribution in [2.24, 2.45) is 5.92 Å². The van der Waals surface area contributed by atoms with Gasteiger partial charge >= 0.3 is 6.18 Å². The molecule has 0 bridgehead atoms. The molecular formula is C26H28F3NO3S2. The van der Waals surface area contributed by atoms with Gasteiger partial charge in [-0.25, -0.2) is 0 Å². The van der Waals surface area contributed by atoms with Crippen molar-refractivity contribution in [2.45, 2.75) is 52.1 Å². The van der Waals surface area contributed by atoms with Gasteiger partial charge in [-0.1, -0.05) is 57.0 Å². The Kier molecular flexibility index (Phi) is 9.74. The maximum atomic E-state index is 12.8. The van der Waals surface area contributed by atoms with Crippen molar-refractivity contribution in [3.63, 3.8) is 0 Å². The third kappa shape index (κ3) is 8.07. The average molecular weight is 524 g/mol. The first-order chi connectivity index (χ1) is 16.6. The second kappa shape index (κ2) is 12.5. The molecule has 0 unspecified atom stereocenters. The van der Waals surface area contributed by atoms with E-state index in [0.717, 1.165) is 50.0 Å². The fraction of sp³-hybridized carbons (Fsp3) is 0.423. The summed E-state index contributed by atoms with van der Waals surface area (Å²) in [5, 5.41) is 0.932. The lowest BCUT2D eigenvalue weighted by atomic mass is 10.0. The third-order valence-electron chi connectivity index (χ3n) is 5.35. The Balaban J connectivity index is 1.49. The summed E-state index contributed by atoms with van der Waals surface area (Å²) in [6.07, 6.45) is 0.759. The molecule has 0 saturated carbocycles. The van der Waals surface area contributed by atoms with Crippen LogP contribution in [0, 0.1) is 10.6 Å². The van der Waals surface area contributed by atoms with Gasteiger partial charge in [0.15, 0.2) is 5.12 Å². The second-order valence-corrected chi connectivity index (χ2v) is 9.98. The molecule has 2 aromatic heterocycles. The number of hydrogen-bond acceptors (Lipinski definition) is 6. The summed E-state index contributed by atoms with van der Waals surface area (Å²) in [6, 6.07) is 10.1. The van der Waals surface area contributed by atoms with Crippen LogP contribution < -0.4 is 4.74 Å². The number of rotatable bonds is 11. The Morgan fingerprint density at radius 3 is 2.43 bits per heavy atom. The maximum absolute atomic E-state index is 12.8. The molecule has 9 heteroatoms. The molecule has 0 amide bonds. The van der Waals surface area contributed by atoms with E-state index in [-0.39, 0.29) is 15.7 Å². The molecule has 2 heterocycles. The first kappa shape index (κ1) is 27.2. The molecule has 0 aliphatic carbocycles.